The van der Waals surface area contributed by atoms with Gasteiger partial charge in [-0.1, -0.05) is 44.2 Å². The molecule has 2 aliphatic heterocycles. The summed E-state index contributed by atoms with van der Waals surface area (Å²) in [6.07, 6.45) is 0.482. The van der Waals surface area contributed by atoms with E-state index < -0.39 is 22.0 Å². The Morgan fingerprint density at radius 3 is 2.47 bits per heavy atom. The number of carbonyl (C=O) groups excluding carboxylic acids is 1. The molecule has 3 fully saturated rings. The monoisotopic (exact) mass is 615 g/mol. The Morgan fingerprint density at radius 1 is 1.07 bits per heavy atom. The van der Waals surface area contributed by atoms with Crippen LogP contribution in [-0.2, 0) is 35.4 Å². The van der Waals surface area contributed by atoms with Crippen molar-refractivity contribution in [2.45, 2.75) is 76.0 Å². The summed E-state index contributed by atoms with van der Waals surface area (Å²) in [4.78, 5) is 13.6. The smallest absolute Gasteiger partial charge is 0.306 e. The van der Waals surface area contributed by atoms with E-state index in [2.05, 4.69) is 0 Å². The number of methoxy groups -OCH3 is 1. The summed E-state index contributed by atoms with van der Waals surface area (Å²) in [6, 6.07) is 15.9. The lowest BCUT2D eigenvalue weighted by Crippen LogP contribution is -2.43. The maximum atomic E-state index is 13.7. The summed E-state index contributed by atoms with van der Waals surface area (Å²) in [5.74, 6) is 0.426. The van der Waals surface area contributed by atoms with Gasteiger partial charge in [-0.2, -0.15) is 4.31 Å². The van der Waals surface area contributed by atoms with Crippen LogP contribution in [0.15, 0.2) is 59.5 Å². The summed E-state index contributed by atoms with van der Waals surface area (Å²) in [6.45, 7) is 6.61. The van der Waals surface area contributed by atoms with Gasteiger partial charge in [0.15, 0.2) is 6.29 Å². The van der Waals surface area contributed by atoms with Crippen LogP contribution in [-0.4, -0.2) is 75.2 Å². The second-order valence-electron chi connectivity index (χ2n) is 12.8. The molecule has 43 heavy (non-hydrogen) atoms. The number of esters is 1. The van der Waals surface area contributed by atoms with Gasteiger partial charge in [0.05, 0.1) is 37.2 Å². The van der Waals surface area contributed by atoms with Crippen molar-refractivity contribution in [2.75, 3.05) is 26.8 Å². The summed E-state index contributed by atoms with van der Waals surface area (Å²) in [7, 11) is -2.39. The van der Waals surface area contributed by atoms with Gasteiger partial charge < -0.3 is 24.1 Å². The Bertz CT molecular complexity index is 1320. The van der Waals surface area contributed by atoms with Crippen molar-refractivity contribution >= 4 is 16.0 Å². The summed E-state index contributed by atoms with van der Waals surface area (Å²) >= 11 is 0. The van der Waals surface area contributed by atoms with Crippen LogP contribution >= 0.6 is 0 Å². The van der Waals surface area contributed by atoms with Gasteiger partial charge in [0.2, 0.25) is 10.0 Å². The minimum absolute atomic E-state index is 0.0152. The average Bonchev–Trinajstić information content (AvgIpc) is 3.54. The minimum atomic E-state index is -3.92. The van der Waals surface area contributed by atoms with E-state index in [-0.39, 0.29) is 66.6 Å². The molecule has 2 aromatic carbocycles. The third kappa shape index (κ3) is 7.42. The van der Waals surface area contributed by atoms with E-state index in [0.717, 1.165) is 18.4 Å². The standard InChI is InChI=1S/C33H45NO8S/c1-21(2)18-34(43(37,38)27-12-10-26(39-4)11-13-27)19-29(35)24(15-23-8-6-5-7-9-23)17-31(36)42-30-16-25-20-40-33-32(25)28(30)14-22(3)41-33/h5-13,21-22,24-25,28-30,32-33,35H,14-20H2,1-4H3/t22-,24?,25?,28?,29-,30+,32-,33+/m1/s1. The topological polar surface area (TPSA) is 112 Å². The lowest BCUT2D eigenvalue weighted by atomic mass is 9.84. The molecule has 0 amide bonds. The molecular weight excluding hydrogens is 570 g/mol. The van der Waals surface area contributed by atoms with Crippen LogP contribution in [0.3, 0.4) is 0 Å². The highest BCUT2D eigenvalue weighted by molar-refractivity contribution is 7.89. The summed E-state index contributed by atoms with van der Waals surface area (Å²) in [5, 5.41) is 11.6. The first kappa shape index (κ1) is 31.9. The van der Waals surface area contributed by atoms with E-state index in [1.54, 1.807) is 12.1 Å². The molecule has 1 aliphatic carbocycles. The Balaban J connectivity index is 1.32. The minimum Gasteiger partial charge on any atom is -0.497 e. The van der Waals surface area contributed by atoms with E-state index in [0.29, 0.717) is 24.7 Å². The van der Waals surface area contributed by atoms with Crippen LogP contribution in [0.2, 0.25) is 0 Å². The Labute approximate surface area is 255 Å². The maximum Gasteiger partial charge on any atom is 0.306 e. The molecule has 0 bridgehead atoms. The van der Waals surface area contributed by atoms with Crippen LogP contribution in [0.25, 0.3) is 0 Å². The number of ether oxygens (including phenoxy) is 4. The lowest BCUT2D eigenvalue weighted by molar-refractivity contribution is -0.206. The highest BCUT2D eigenvalue weighted by atomic mass is 32.2. The molecule has 2 heterocycles. The molecule has 8 atom stereocenters. The highest BCUT2D eigenvalue weighted by Crippen LogP contribution is 2.51. The van der Waals surface area contributed by atoms with Crippen molar-refractivity contribution in [1.82, 2.24) is 4.31 Å². The zero-order chi connectivity index (χ0) is 30.7. The third-order valence-corrected chi connectivity index (χ3v) is 10.9. The fourth-order valence-corrected chi connectivity index (χ4v) is 8.65. The molecular formula is C33H45NO8S. The molecule has 3 aliphatic rings. The van der Waals surface area contributed by atoms with Crippen LogP contribution in [0.4, 0.5) is 0 Å². The van der Waals surface area contributed by atoms with Crippen molar-refractivity contribution in [3.63, 3.8) is 0 Å². The molecule has 1 saturated carbocycles. The Morgan fingerprint density at radius 2 is 1.79 bits per heavy atom. The summed E-state index contributed by atoms with van der Waals surface area (Å²) < 4.78 is 51.9. The van der Waals surface area contributed by atoms with Crippen molar-refractivity contribution in [2.24, 2.45) is 29.6 Å². The van der Waals surface area contributed by atoms with Gasteiger partial charge in [-0.25, -0.2) is 8.42 Å². The molecule has 5 rings (SSSR count). The number of carbonyl (C=O) groups is 1. The lowest BCUT2D eigenvalue weighted by Gasteiger charge is -2.36. The number of aliphatic hydroxyl groups is 1. The van der Waals surface area contributed by atoms with Crippen LogP contribution < -0.4 is 4.74 Å². The Hall–Kier alpha value is -2.50. The third-order valence-electron chi connectivity index (χ3n) is 9.06. The van der Waals surface area contributed by atoms with Crippen molar-refractivity contribution in [3.05, 3.63) is 60.2 Å². The van der Waals surface area contributed by atoms with Gasteiger partial charge >= 0.3 is 5.97 Å². The number of hydrogen-bond acceptors (Lipinski definition) is 8. The molecule has 0 spiro atoms. The molecule has 1 N–H and O–H groups in total. The first-order valence-corrected chi connectivity index (χ1v) is 16.8. The molecule has 0 radical (unpaired) electrons. The number of nitrogens with zero attached hydrogens (tertiary/aromatic N) is 1. The number of benzene rings is 2. The van der Waals surface area contributed by atoms with Gasteiger partial charge in [-0.05, 0) is 67.9 Å². The highest BCUT2D eigenvalue weighted by Gasteiger charge is 2.56. The van der Waals surface area contributed by atoms with E-state index in [1.807, 2.05) is 51.1 Å². The molecule has 3 unspecified atom stereocenters. The quantitative estimate of drug-likeness (QED) is 0.333. The predicted octanol–water partition coefficient (Wildman–Crippen LogP) is 4.28. The van der Waals surface area contributed by atoms with Gasteiger partial charge in [0, 0.05) is 30.8 Å². The van der Waals surface area contributed by atoms with E-state index in [9.17, 15) is 18.3 Å². The van der Waals surface area contributed by atoms with Crippen LogP contribution in [0.1, 0.15) is 45.6 Å². The van der Waals surface area contributed by atoms with Gasteiger partial charge in [-0.3, -0.25) is 4.79 Å². The zero-order valence-corrected chi connectivity index (χ0v) is 26.3. The number of sulfonamides is 1. The van der Waals surface area contributed by atoms with Gasteiger partial charge in [0.1, 0.15) is 11.9 Å². The molecule has 0 aromatic heterocycles. The number of aliphatic hydroxyl groups excluding tert-OH is 1. The van der Waals surface area contributed by atoms with Crippen molar-refractivity contribution < 1.29 is 37.3 Å². The average molecular weight is 616 g/mol. The maximum absolute atomic E-state index is 13.7. The van der Waals surface area contributed by atoms with E-state index >= 15 is 0 Å². The summed E-state index contributed by atoms with van der Waals surface area (Å²) in [5.41, 5.74) is 0.960. The van der Waals surface area contributed by atoms with Crippen LogP contribution in [0, 0.1) is 29.6 Å². The first-order chi connectivity index (χ1) is 20.5. The van der Waals surface area contributed by atoms with Crippen molar-refractivity contribution in [1.29, 1.82) is 0 Å². The molecule has 236 valence electrons. The normalized spacial score (nSPS) is 28.1. The molecule has 2 aromatic rings. The van der Waals surface area contributed by atoms with Crippen LogP contribution in [0.5, 0.6) is 5.75 Å². The second-order valence-corrected chi connectivity index (χ2v) is 14.7. The number of hydrogen-bond donors (Lipinski definition) is 1. The SMILES string of the molecule is COc1ccc(S(=O)(=O)N(CC(C)C)C[C@@H](O)C(CC(=O)O[C@H]2CC3CO[C@H]4O[C@H](C)CC2[C@@H]34)Cc2ccccc2)cc1. The largest absolute Gasteiger partial charge is 0.497 e. The molecule has 9 nitrogen and oxygen atoms in total. The first-order valence-electron chi connectivity index (χ1n) is 15.4. The zero-order valence-electron chi connectivity index (χ0n) is 25.5. The van der Waals surface area contributed by atoms with E-state index in [1.165, 1.54) is 23.5 Å². The second kappa shape index (κ2) is 13.6. The Kier molecular flexibility index (Phi) is 10.1. The number of rotatable bonds is 13. The van der Waals surface area contributed by atoms with E-state index in [4.69, 9.17) is 18.9 Å². The molecule has 2 saturated heterocycles. The fourth-order valence-electron chi connectivity index (χ4n) is 7.03. The fraction of sp³-hybridized carbons (Fsp3) is 0.606. The predicted molar refractivity (Wildman–Crippen MR) is 161 cm³/mol. The van der Waals surface area contributed by atoms with Gasteiger partial charge in [-0.15, -0.1) is 0 Å². The van der Waals surface area contributed by atoms with Gasteiger partial charge in [0.25, 0.3) is 0 Å². The molecule has 10 heteroatoms. The van der Waals surface area contributed by atoms with Crippen molar-refractivity contribution in [3.8, 4) is 5.75 Å².